The third-order valence-electron chi connectivity index (χ3n) is 7.16. The zero-order valence-corrected chi connectivity index (χ0v) is 23.5. The number of esters is 1. The summed E-state index contributed by atoms with van der Waals surface area (Å²) in [5.41, 5.74) is 7.03. The Morgan fingerprint density at radius 2 is 1.43 bits per heavy atom. The van der Waals surface area contributed by atoms with Gasteiger partial charge in [-0.05, 0) is 74.1 Å². The first-order chi connectivity index (χ1) is 19.2. The number of nitrogens with zero attached hydrogens (tertiary/aromatic N) is 2. The molecule has 5 rings (SSSR count). The summed E-state index contributed by atoms with van der Waals surface area (Å²) >= 11 is 0. The molecule has 6 heteroatoms. The number of pyridine rings is 1. The van der Waals surface area contributed by atoms with E-state index in [9.17, 15) is 9.59 Å². The zero-order valence-electron chi connectivity index (χ0n) is 23.5. The van der Waals surface area contributed by atoms with Crippen LogP contribution in [-0.4, -0.2) is 35.3 Å². The van der Waals surface area contributed by atoms with Crippen LogP contribution < -0.4 is 4.90 Å². The van der Waals surface area contributed by atoms with Gasteiger partial charge in [0, 0.05) is 17.7 Å². The number of fused-ring (bicyclic) bond motifs is 3. The second kappa shape index (κ2) is 11.0. The lowest BCUT2D eigenvalue weighted by atomic mass is 9.98. The van der Waals surface area contributed by atoms with Crippen LogP contribution >= 0.6 is 0 Å². The van der Waals surface area contributed by atoms with Crippen LogP contribution in [0.4, 0.5) is 10.5 Å². The quantitative estimate of drug-likeness (QED) is 0.239. The Bertz CT molecular complexity index is 1510. The summed E-state index contributed by atoms with van der Waals surface area (Å²) in [4.78, 5) is 32.9. The first kappa shape index (κ1) is 27.1. The van der Waals surface area contributed by atoms with Gasteiger partial charge < -0.3 is 9.47 Å². The number of benzene rings is 3. The maximum atomic E-state index is 14.0. The number of aryl methyl sites for hydroxylation is 1. The molecule has 0 radical (unpaired) electrons. The summed E-state index contributed by atoms with van der Waals surface area (Å²) < 4.78 is 11.7. The van der Waals surface area contributed by atoms with E-state index in [1.165, 1.54) is 4.90 Å². The van der Waals surface area contributed by atoms with E-state index >= 15 is 0 Å². The normalized spacial score (nSPS) is 13.2. The third-order valence-corrected chi connectivity index (χ3v) is 7.16. The van der Waals surface area contributed by atoms with E-state index in [2.05, 4.69) is 29.2 Å². The molecule has 1 amide bonds. The van der Waals surface area contributed by atoms with Crippen LogP contribution in [0.15, 0.2) is 91.3 Å². The van der Waals surface area contributed by atoms with Crippen molar-refractivity contribution < 1.29 is 19.1 Å². The average molecular weight is 535 g/mol. The Morgan fingerprint density at radius 3 is 2.02 bits per heavy atom. The molecule has 1 aliphatic carbocycles. The largest absolute Gasteiger partial charge is 0.458 e. The molecule has 204 valence electrons. The van der Waals surface area contributed by atoms with Gasteiger partial charge in [0.15, 0.2) is 0 Å². The van der Waals surface area contributed by atoms with Crippen LogP contribution in [-0.2, 0) is 14.3 Å². The molecule has 1 aliphatic rings. The third kappa shape index (κ3) is 5.34. The molecule has 0 bridgehead atoms. The van der Waals surface area contributed by atoms with E-state index in [1.807, 2.05) is 61.5 Å². The lowest BCUT2D eigenvalue weighted by Gasteiger charge is -2.31. The Hall–Kier alpha value is -4.45. The highest BCUT2D eigenvalue weighted by Gasteiger charge is 2.35. The van der Waals surface area contributed by atoms with Crippen molar-refractivity contribution in [3.8, 4) is 22.3 Å². The summed E-state index contributed by atoms with van der Waals surface area (Å²) in [5, 5.41) is 0. The lowest BCUT2D eigenvalue weighted by molar-refractivity contribution is -0.156. The maximum absolute atomic E-state index is 14.0. The highest BCUT2D eigenvalue weighted by atomic mass is 16.6. The molecular formula is C34H34N2O4. The van der Waals surface area contributed by atoms with Gasteiger partial charge in [-0.1, -0.05) is 72.8 Å². The van der Waals surface area contributed by atoms with Crippen molar-refractivity contribution in [1.82, 2.24) is 4.98 Å². The van der Waals surface area contributed by atoms with E-state index in [0.717, 1.165) is 38.9 Å². The zero-order chi connectivity index (χ0) is 28.4. The number of aromatic nitrogens is 1. The molecular weight excluding hydrogens is 500 g/mol. The molecule has 0 aliphatic heterocycles. The highest BCUT2D eigenvalue weighted by Crippen LogP contribution is 2.44. The number of carbonyl (C=O) groups excluding carboxylic acids is 2. The molecule has 0 saturated carbocycles. The number of anilines is 1. The number of carbonyl (C=O) groups is 2. The average Bonchev–Trinajstić information content (AvgIpc) is 3.25. The number of ether oxygens (including phenoxy) is 2. The summed E-state index contributed by atoms with van der Waals surface area (Å²) in [6, 6.07) is 25.2. The van der Waals surface area contributed by atoms with Crippen molar-refractivity contribution >= 4 is 17.7 Å². The van der Waals surface area contributed by atoms with Crippen molar-refractivity contribution in [3.05, 3.63) is 108 Å². The van der Waals surface area contributed by atoms with Gasteiger partial charge >= 0.3 is 12.1 Å². The molecule has 0 N–H and O–H groups in total. The first-order valence-electron chi connectivity index (χ1n) is 13.5. The van der Waals surface area contributed by atoms with Crippen LogP contribution in [0.2, 0.25) is 0 Å². The van der Waals surface area contributed by atoms with E-state index in [-0.39, 0.29) is 12.5 Å². The molecule has 0 saturated heterocycles. The highest BCUT2D eigenvalue weighted by molar-refractivity contribution is 5.99. The topological polar surface area (TPSA) is 68.7 Å². The van der Waals surface area contributed by atoms with Crippen LogP contribution in [0.25, 0.3) is 22.3 Å². The Kier molecular flexibility index (Phi) is 7.44. The molecule has 0 unspecified atom stereocenters. The van der Waals surface area contributed by atoms with E-state index in [0.29, 0.717) is 5.69 Å². The molecule has 3 aromatic carbocycles. The van der Waals surface area contributed by atoms with Crippen molar-refractivity contribution in [2.24, 2.45) is 0 Å². The molecule has 6 nitrogen and oxygen atoms in total. The lowest BCUT2D eigenvalue weighted by Crippen LogP contribution is -2.47. The number of rotatable bonds is 6. The van der Waals surface area contributed by atoms with Crippen molar-refractivity contribution in [2.45, 2.75) is 52.2 Å². The van der Waals surface area contributed by atoms with Gasteiger partial charge in [-0.2, -0.15) is 0 Å². The minimum atomic E-state index is -0.957. The predicted octanol–water partition coefficient (Wildman–Crippen LogP) is 7.54. The molecule has 1 atom stereocenters. The van der Waals surface area contributed by atoms with Gasteiger partial charge in [0.1, 0.15) is 18.2 Å². The summed E-state index contributed by atoms with van der Waals surface area (Å²) in [5.74, 6) is -0.639. The fraction of sp³-hybridized carbons (Fsp3) is 0.265. The SMILES string of the molecule is Cc1ccccc1-c1ccncc1N(C(=O)OCC1c2ccccc2-c2ccccc21)[C@@H](C)C(=O)OC(C)(C)C. The standard InChI is InChI=1S/C34H34N2O4/c1-22-12-6-7-13-24(22)29-18-19-35-20-31(29)36(23(2)32(37)40-34(3,4)5)33(38)39-21-30-27-16-10-8-14-25(27)26-15-9-11-17-28(26)30/h6-20,23,30H,21H2,1-5H3/t23-/m0/s1. The maximum Gasteiger partial charge on any atom is 0.415 e. The number of hydrogen-bond acceptors (Lipinski definition) is 5. The van der Waals surface area contributed by atoms with Gasteiger partial charge in [-0.15, -0.1) is 0 Å². The Labute approximate surface area is 235 Å². The Balaban J connectivity index is 1.51. The van der Waals surface area contributed by atoms with Crippen molar-refractivity contribution in [2.75, 3.05) is 11.5 Å². The fourth-order valence-corrected chi connectivity index (χ4v) is 5.30. The molecule has 40 heavy (non-hydrogen) atoms. The van der Waals surface area contributed by atoms with E-state index in [4.69, 9.17) is 9.47 Å². The van der Waals surface area contributed by atoms with Crippen molar-refractivity contribution in [3.63, 3.8) is 0 Å². The first-order valence-corrected chi connectivity index (χ1v) is 13.5. The van der Waals surface area contributed by atoms with Gasteiger partial charge in [0.05, 0.1) is 11.9 Å². The molecule has 0 fully saturated rings. The molecule has 4 aromatic rings. The molecule has 0 spiro atoms. The van der Waals surface area contributed by atoms with Gasteiger partial charge in [0.25, 0.3) is 0 Å². The van der Waals surface area contributed by atoms with Gasteiger partial charge in [0.2, 0.25) is 0 Å². The second-order valence-corrected chi connectivity index (χ2v) is 11.1. The summed E-state index contributed by atoms with van der Waals surface area (Å²) in [6.45, 7) is 9.21. The van der Waals surface area contributed by atoms with Gasteiger partial charge in [-0.3, -0.25) is 9.88 Å². The molecule has 1 aromatic heterocycles. The van der Waals surface area contributed by atoms with Gasteiger partial charge in [-0.25, -0.2) is 9.59 Å². The minimum absolute atomic E-state index is 0.111. The number of hydrogen-bond donors (Lipinski definition) is 0. The summed E-state index contributed by atoms with van der Waals surface area (Å²) in [7, 11) is 0. The molecule has 1 heterocycles. The smallest absolute Gasteiger partial charge is 0.415 e. The number of amides is 1. The minimum Gasteiger partial charge on any atom is -0.458 e. The summed E-state index contributed by atoms with van der Waals surface area (Å²) in [6.07, 6.45) is 2.65. The second-order valence-electron chi connectivity index (χ2n) is 11.1. The predicted molar refractivity (Wildman–Crippen MR) is 157 cm³/mol. The van der Waals surface area contributed by atoms with E-state index in [1.54, 1.807) is 40.1 Å². The van der Waals surface area contributed by atoms with Crippen LogP contribution in [0, 0.1) is 6.92 Å². The van der Waals surface area contributed by atoms with Crippen molar-refractivity contribution in [1.29, 1.82) is 0 Å². The monoisotopic (exact) mass is 534 g/mol. The Morgan fingerprint density at radius 1 is 0.850 bits per heavy atom. The van der Waals surface area contributed by atoms with Crippen LogP contribution in [0.3, 0.4) is 0 Å². The fourth-order valence-electron chi connectivity index (χ4n) is 5.30. The van der Waals surface area contributed by atoms with Crippen LogP contribution in [0.5, 0.6) is 0 Å². The van der Waals surface area contributed by atoms with Crippen LogP contribution in [0.1, 0.15) is 50.3 Å². The van der Waals surface area contributed by atoms with E-state index < -0.39 is 23.7 Å².